The number of methoxy groups -OCH3 is 1. The number of amides is 1. The topological polar surface area (TPSA) is 75.7 Å². The van der Waals surface area contributed by atoms with Crippen molar-refractivity contribution in [2.75, 3.05) is 25.5 Å². The van der Waals surface area contributed by atoms with Crippen molar-refractivity contribution in [2.24, 2.45) is 0 Å². The predicted octanol–water partition coefficient (Wildman–Crippen LogP) is 3.63. The van der Waals surface area contributed by atoms with Crippen LogP contribution in [0.3, 0.4) is 0 Å². The molecule has 0 fully saturated rings. The van der Waals surface area contributed by atoms with Gasteiger partial charge in [0.25, 0.3) is 5.91 Å². The summed E-state index contributed by atoms with van der Waals surface area (Å²) in [6.45, 7) is 4.20. The normalized spacial score (nSPS) is 11.4. The maximum atomic E-state index is 12.6. The Morgan fingerprint density at radius 3 is 2.27 bits per heavy atom. The first-order chi connectivity index (χ1) is 12.3. The average molecular weight is 397 g/mol. The van der Waals surface area contributed by atoms with E-state index in [1.165, 1.54) is 22.5 Å². The van der Waals surface area contributed by atoms with Crippen molar-refractivity contribution in [1.82, 2.24) is 4.31 Å². The van der Waals surface area contributed by atoms with Crippen LogP contribution in [0.15, 0.2) is 47.4 Å². The molecule has 0 aromatic heterocycles. The van der Waals surface area contributed by atoms with Crippen LogP contribution in [0.2, 0.25) is 5.02 Å². The van der Waals surface area contributed by atoms with Gasteiger partial charge in [-0.2, -0.15) is 4.31 Å². The first-order valence-electron chi connectivity index (χ1n) is 8.08. The Hall–Kier alpha value is -2.09. The van der Waals surface area contributed by atoms with E-state index in [4.69, 9.17) is 16.3 Å². The Labute approximate surface area is 158 Å². The minimum atomic E-state index is -3.68. The van der Waals surface area contributed by atoms with Crippen molar-refractivity contribution in [3.05, 3.63) is 53.1 Å². The van der Waals surface area contributed by atoms with Crippen molar-refractivity contribution in [3.8, 4) is 5.75 Å². The Balaban J connectivity index is 2.32. The summed E-state index contributed by atoms with van der Waals surface area (Å²) in [5, 5.41) is 2.87. The van der Waals surface area contributed by atoms with E-state index in [1.807, 2.05) is 0 Å². The molecule has 0 aliphatic heterocycles. The van der Waals surface area contributed by atoms with Gasteiger partial charge in [-0.25, -0.2) is 8.42 Å². The largest absolute Gasteiger partial charge is 0.497 e. The van der Waals surface area contributed by atoms with Crippen molar-refractivity contribution in [2.45, 2.75) is 18.7 Å². The van der Waals surface area contributed by atoms with E-state index >= 15 is 0 Å². The van der Waals surface area contributed by atoms with E-state index < -0.39 is 15.9 Å². The van der Waals surface area contributed by atoms with E-state index in [1.54, 1.807) is 45.2 Å². The van der Waals surface area contributed by atoms with Gasteiger partial charge in [-0.15, -0.1) is 0 Å². The van der Waals surface area contributed by atoms with Crippen LogP contribution >= 0.6 is 11.6 Å². The molecule has 2 rings (SSSR count). The molecule has 26 heavy (non-hydrogen) atoms. The highest BCUT2D eigenvalue weighted by Gasteiger charge is 2.23. The number of anilines is 1. The summed E-state index contributed by atoms with van der Waals surface area (Å²) < 4.78 is 31.7. The fourth-order valence-corrected chi connectivity index (χ4v) is 4.11. The second-order valence-electron chi connectivity index (χ2n) is 5.41. The third-order valence-corrected chi connectivity index (χ3v) is 6.25. The molecule has 140 valence electrons. The van der Waals surface area contributed by atoms with E-state index in [-0.39, 0.29) is 15.5 Å². The lowest BCUT2D eigenvalue weighted by Gasteiger charge is -2.19. The number of benzene rings is 2. The summed E-state index contributed by atoms with van der Waals surface area (Å²) >= 11 is 6.11. The van der Waals surface area contributed by atoms with Crippen LogP contribution in [-0.4, -0.2) is 38.8 Å². The number of nitrogens with one attached hydrogen (secondary N) is 1. The SMILES string of the molecule is CCN(CC)S(=O)(=O)c1ccc(Cl)c(C(=O)Nc2ccc(OC)cc2)c1. The zero-order chi connectivity index (χ0) is 19.3. The minimum absolute atomic E-state index is 0.0329. The molecule has 8 heteroatoms. The highest BCUT2D eigenvalue weighted by Crippen LogP contribution is 2.24. The monoisotopic (exact) mass is 396 g/mol. The fourth-order valence-electron chi connectivity index (χ4n) is 2.42. The molecule has 0 saturated carbocycles. The summed E-state index contributed by atoms with van der Waals surface area (Å²) in [6.07, 6.45) is 0. The summed E-state index contributed by atoms with van der Waals surface area (Å²) in [5.74, 6) is 0.171. The number of rotatable bonds is 7. The van der Waals surface area contributed by atoms with E-state index in [0.717, 1.165) is 0 Å². The van der Waals surface area contributed by atoms with E-state index in [0.29, 0.717) is 24.5 Å². The lowest BCUT2D eigenvalue weighted by Crippen LogP contribution is -2.30. The van der Waals surface area contributed by atoms with Crippen LogP contribution in [0.4, 0.5) is 5.69 Å². The number of hydrogen-bond donors (Lipinski definition) is 1. The van der Waals surface area contributed by atoms with Gasteiger partial charge in [-0.3, -0.25) is 4.79 Å². The molecule has 0 aliphatic rings. The zero-order valence-electron chi connectivity index (χ0n) is 14.8. The molecule has 0 spiro atoms. The Morgan fingerprint density at radius 1 is 1.12 bits per heavy atom. The number of sulfonamides is 1. The third kappa shape index (κ3) is 4.35. The van der Waals surface area contributed by atoms with Crippen molar-refractivity contribution < 1.29 is 17.9 Å². The number of carbonyl (C=O) groups excluding carboxylic acids is 1. The molecule has 0 radical (unpaired) electrons. The highest BCUT2D eigenvalue weighted by atomic mass is 35.5. The lowest BCUT2D eigenvalue weighted by molar-refractivity contribution is 0.102. The first-order valence-corrected chi connectivity index (χ1v) is 9.90. The van der Waals surface area contributed by atoms with Crippen LogP contribution in [0.25, 0.3) is 0 Å². The maximum Gasteiger partial charge on any atom is 0.257 e. The number of hydrogen-bond acceptors (Lipinski definition) is 4. The quantitative estimate of drug-likeness (QED) is 0.775. The van der Waals surface area contributed by atoms with Crippen molar-refractivity contribution >= 4 is 33.2 Å². The van der Waals surface area contributed by atoms with E-state index in [2.05, 4.69) is 5.32 Å². The Morgan fingerprint density at radius 2 is 1.73 bits per heavy atom. The fraction of sp³-hybridized carbons (Fsp3) is 0.278. The van der Waals surface area contributed by atoms with Crippen LogP contribution in [-0.2, 0) is 10.0 Å². The molecule has 2 aromatic rings. The molecular formula is C18H21ClN2O4S. The zero-order valence-corrected chi connectivity index (χ0v) is 16.4. The second kappa shape index (κ2) is 8.53. The van der Waals surface area contributed by atoms with Crippen molar-refractivity contribution in [3.63, 3.8) is 0 Å². The highest BCUT2D eigenvalue weighted by molar-refractivity contribution is 7.89. The van der Waals surface area contributed by atoms with Crippen molar-refractivity contribution in [1.29, 1.82) is 0 Å². The van der Waals surface area contributed by atoms with Gasteiger partial charge >= 0.3 is 0 Å². The Bertz CT molecular complexity index is 879. The molecule has 0 unspecified atom stereocenters. The predicted molar refractivity (Wildman–Crippen MR) is 103 cm³/mol. The number of halogens is 1. The van der Waals surface area contributed by atoms with Crippen LogP contribution < -0.4 is 10.1 Å². The molecule has 1 N–H and O–H groups in total. The van der Waals surface area contributed by atoms with Gasteiger partial charge in [-0.1, -0.05) is 25.4 Å². The summed E-state index contributed by atoms with van der Waals surface area (Å²) in [4.78, 5) is 12.6. The van der Waals surface area contributed by atoms with Gasteiger partial charge in [0.15, 0.2) is 0 Å². The minimum Gasteiger partial charge on any atom is -0.497 e. The van der Waals surface area contributed by atoms with Gasteiger partial charge < -0.3 is 10.1 Å². The van der Waals surface area contributed by atoms with Gasteiger partial charge in [0.1, 0.15) is 5.75 Å². The van der Waals surface area contributed by atoms with Gasteiger partial charge in [0.2, 0.25) is 10.0 Å². The molecule has 0 bridgehead atoms. The van der Waals surface area contributed by atoms with Gasteiger partial charge in [0.05, 0.1) is 22.6 Å². The average Bonchev–Trinajstić information content (AvgIpc) is 2.63. The second-order valence-corrected chi connectivity index (χ2v) is 7.76. The standard InChI is InChI=1S/C18H21ClN2O4S/c1-4-21(5-2)26(23,24)15-10-11-17(19)16(12-15)18(22)20-13-6-8-14(25-3)9-7-13/h6-12H,4-5H2,1-3H3,(H,20,22). The molecule has 0 aliphatic carbocycles. The summed E-state index contributed by atoms with van der Waals surface area (Å²) in [5.41, 5.74) is 0.639. The maximum absolute atomic E-state index is 12.6. The molecule has 0 saturated heterocycles. The smallest absolute Gasteiger partial charge is 0.257 e. The first kappa shape index (κ1) is 20.2. The van der Waals surface area contributed by atoms with Gasteiger partial charge in [0, 0.05) is 18.8 Å². The van der Waals surface area contributed by atoms with Crippen LogP contribution in [0, 0.1) is 0 Å². The van der Waals surface area contributed by atoms with Crippen LogP contribution in [0.5, 0.6) is 5.75 Å². The molecule has 2 aromatic carbocycles. The van der Waals surface area contributed by atoms with E-state index in [9.17, 15) is 13.2 Å². The molecular weight excluding hydrogens is 376 g/mol. The van der Waals surface area contributed by atoms with Crippen LogP contribution in [0.1, 0.15) is 24.2 Å². The molecule has 0 heterocycles. The molecule has 6 nitrogen and oxygen atoms in total. The Kier molecular flexibility index (Phi) is 6.63. The summed E-state index contributed by atoms with van der Waals surface area (Å²) in [7, 11) is -2.13. The number of ether oxygens (including phenoxy) is 1. The third-order valence-electron chi connectivity index (χ3n) is 3.87. The summed E-state index contributed by atoms with van der Waals surface area (Å²) in [6, 6.07) is 10.9. The molecule has 1 amide bonds. The lowest BCUT2D eigenvalue weighted by atomic mass is 10.2. The molecule has 0 atom stereocenters. The van der Waals surface area contributed by atoms with Gasteiger partial charge in [-0.05, 0) is 42.5 Å². The number of nitrogens with zero attached hydrogens (tertiary/aromatic N) is 1. The number of carbonyl (C=O) groups is 1.